The molecule has 2 rings (SSSR count). The summed E-state index contributed by atoms with van der Waals surface area (Å²) in [5.74, 6) is 1.69. The van der Waals surface area contributed by atoms with Crippen LogP contribution in [0.5, 0.6) is 11.5 Å². The Balaban J connectivity index is 2.30. The molecule has 1 N–H and O–H groups in total. The van der Waals surface area contributed by atoms with Crippen molar-refractivity contribution in [2.24, 2.45) is 0 Å². The van der Waals surface area contributed by atoms with Gasteiger partial charge in [0.1, 0.15) is 11.5 Å². The van der Waals surface area contributed by atoms with Gasteiger partial charge in [0.15, 0.2) is 0 Å². The first kappa shape index (κ1) is 16.0. The fourth-order valence-electron chi connectivity index (χ4n) is 3.04. The van der Waals surface area contributed by atoms with Crippen molar-refractivity contribution in [1.29, 1.82) is 0 Å². The van der Waals surface area contributed by atoms with E-state index in [1.807, 2.05) is 6.07 Å². The van der Waals surface area contributed by atoms with Gasteiger partial charge in [0.05, 0.1) is 14.2 Å². The molecule has 0 radical (unpaired) electrons. The number of hydrogen-bond acceptors (Lipinski definition) is 4. The quantitative estimate of drug-likeness (QED) is 0.904. The summed E-state index contributed by atoms with van der Waals surface area (Å²) >= 11 is 0. The van der Waals surface area contributed by atoms with Gasteiger partial charge in [-0.2, -0.15) is 0 Å². The maximum atomic E-state index is 5.40. The molecule has 0 saturated carbocycles. The highest BCUT2D eigenvalue weighted by Crippen LogP contribution is 2.31. The van der Waals surface area contributed by atoms with Crippen LogP contribution < -0.4 is 19.7 Å². The SMILES string of the molecule is CCC1(CC)CN(c2cc(OC)cc(OC)c2)CCCN1. The highest BCUT2D eigenvalue weighted by molar-refractivity contribution is 5.56. The van der Waals surface area contributed by atoms with E-state index in [2.05, 4.69) is 36.2 Å². The van der Waals surface area contributed by atoms with Crippen LogP contribution in [-0.2, 0) is 0 Å². The molecule has 1 fully saturated rings. The molecule has 1 aliphatic heterocycles. The molecule has 1 saturated heterocycles. The van der Waals surface area contributed by atoms with Crippen LogP contribution in [0.25, 0.3) is 0 Å². The molecule has 4 heteroatoms. The molecule has 0 bridgehead atoms. The van der Waals surface area contributed by atoms with Crippen molar-refractivity contribution in [3.8, 4) is 11.5 Å². The maximum absolute atomic E-state index is 5.40. The molecule has 1 aromatic rings. The van der Waals surface area contributed by atoms with Gasteiger partial charge in [-0.3, -0.25) is 0 Å². The Kier molecular flexibility index (Phi) is 5.34. The summed E-state index contributed by atoms with van der Waals surface area (Å²) in [4.78, 5) is 2.46. The smallest absolute Gasteiger partial charge is 0.124 e. The second kappa shape index (κ2) is 7.03. The molecule has 21 heavy (non-hydrogen) atoms. The molecule has 0 amide bonds. The van der Waals surface area contributed by atoms with Crippen LogP contribution >= 0.6 is 0 Å². The lowest BCUT2D eigenvalue weighted by atomic mass is 9.92. The molecule has 0 aromatic heterocycles. The molecule has 0 aliphatic carbocycles. The first-order valence-corrected chi connectivity index (χ1v) is 7.89. The van der Waals surface area contributed by atoms with E-state index in [9.17, 15) is 0 Å². The zero-order valence-electron chi connectivity index (χ0n) is 13.7. The summed E-state index contributed by atoms with van der Waals surface area (Å²) in [5.41, 5.74) is 1.38. The van der Waals surface area contributed by atoms with Crippen molar-refractivity contribution in [1.82, 2.24) is 5.32 Å². The van der Waals surface area contributed by atoms with Crippen LogP contribution in [0, 0.1) is 0 Å². The number of rotatable bonds is 5. The van der Waals surface area contributed by atoms with E-state index in [1.165, 1.54) is 5.69 Å². The highest BCUT2D eigenvalue weighted by Gasteiger charge is 2.30. The Morgan fingerprint density at radius 3 is 2.24 bits per heavy atom. The number of benzene rings is 1. The summed E-state index contributed by atoms with van der Waals surface area (Å²) in [7, 11) is 3.40. The molecule has 4 nitrogen and oxygen atoms in total. The van der Waals surface area contributed by atoms with Gasteiger partial charge in [0.2, 0.25) is 0 Å². The molecule has 1 aliphatic rings. The van der Waals surface area contributed by atoms with Crippen LogP contribution in [0.3, 0.4) is 0 Å². The molecule has 1 aromatic carbocycles. The van der Waals surface area contributed by atoms with Crippen molar-refractivity contribution < 1.29 is 9.47 Å². The van der Waals surface area contributed by atoms with Crippen molar-refractivity contribution in [2.45, 2.75) is 38.6 Å². The van der Waals surface area contributed by atoms with Gasteiger partial charge in [0.25, 0.3) is 0 Å². The first-order valence-electron chi connectivity index (χ1n) is 7.89. The topological polar surface area (TPSA) is 33.7 Å². The zero-order chi connectivity index (χ0) is 15.3. The molecule has 1 heterocycles. The minimum absolute atomic E-state index is 0.201. The second-order valence-corrected chi connectivity index (χ2v) is 5.76. The highest BCUT2D eigenvalue weighted by atomic mass is 16.5. The predicted octanol–water partition coefficient (Wildman–Crippen LogP) is 3.06. The van der Waals surface area contributed by atoms with Crippen LogP contribution in [-0.4, -0.2) is 39.4 Å². The number of nitrogens with zero attached hydrogens (tertiary/aromatic N) is 1. The van der Waals surface area contributed by atoms with Crippen LogP contribution in [0.4, 0.5) is 5.69 Å². The second-order valence-electron chi connectivity index (χ2n) is 5.76. The molecule has 0 spiro atoms. The fourth-order valence-corrected chi connectivity index (χ4v) is 3.04. The van der Waals surface area contributed by atoms with E-state index in [0.29, 0.717) is 0 Å². The van der Waals surface area contributed by atoms with Crippen molar-refractivity contribution in [3.05, 3.63) is 18.2 Å². The van der Waals surface area contributed by atoms with Gasteiger partial charge < -0.3 is 19.7 Å². The minimum atomic E-state index is 0.201. The monoisotopic (exact) mass is 292 g/mol. The van der Waals surface area contributed by atoms with Crippen molar-refractivity contribution in [3.63, 3.8) is 0 Å². The lowest BCUT2D eigenvalue weighted by Gasteiger charge is -2.36. The number of methoxy groups -OCH3 is 2. The van der Waals surface area contributed by atoms with E-state index in [1.54, 1.807) is 14.2 Å². The number of nitrogens with one attached hydrogen (secondary N) is 1. The number of anilines is 1. The van der Waals surface area contributed by atoms with Gasteiger partial charge >= 0.3 is 0 Å². The van der Waals surface area contributed by atoms with Gasteiger partial charge in [-0.25, -0.2) is 0 Å². The molecule has 0 unspecified atom stereocenters. The van der Waals surface area contributed by atoms with Gasteiger partial charge in [-0.1, -0.05) is 13.8 Å². The Bertz CT molecular complexity index is 436. The van der Waals surface area contributed by atoms with Gasteiger partial charge in [-0.15, -0.1) is 0 Å². The summed E-state index contributed by atoms with van der Waals surface area (Å²) < 4.78 is 10.8. The number of hydrogen-bond donors (Lipinski definition) is 1. The van der Waals surface area contributed by atoms with Crippen molar-refractivity contribution in [2.75, 3.05) is 38.8 Å². The minimum Gasteiger partial charge on any atom is -0.497 e. The predicted molar refractivity (Wildman–Crippen MR) is 87.7 cm³/mol. The van der Waals surface area contributed by atoms with E-state index >= 15 is 0 Å². The average molecular weight is 292 g/mol. The summed E-state index contributed by atoms with van der Waals surface area (Å²) in [6.07, 6.45) is 3.43. The van der Waals surface area contributed by atoms with E-state index < -0.39 is 0 Å². The van der Waals surface area contributed by atoms with Gasteiger partial charge in [0, 0.05) is 42.5 Å². The Hall–Kier alpha value is -1.42. The summed E-state index contributed by atoms with van der Waals surface area (Å²) in [6.45, 7) is 7.71. The lowest BCUT2D eigenvalue weighted by Crippen LogP contribution is -2.50. The van der Waals surface area contributed by atoms with Gasteiger partial charge in [-0.05, 0) is 25.8 Å². The van der Waals surface area contributed by atoms with E-state index in [0.717, 1.165) is 50.4 Å². The lowest BCUT2D eigenvalue weighted by molar-refractivity contribution is 0.321. The number of ether oxygens (including phenoxy) is 2. The zero-order valence-corrected chi connectivity index (χ0v) is 13.7. The first-order chi connectivity index (χ1) is 10.2. The Morgan fingerprint density at radius 2 is 1.71 bits per heavy atom. The normalized spacial score (nSPS) is 18.2. The van der Waals surface area contributed by atoms with E-state index in [-0.39, 0.29) is 5.54 Å². The average Bonchev–Trinajstić information content (AvgIpc) is 2.77. The summed E-state index contributed by atoms with van der Waals surface area (Å²) in [5, 5.41) is 3.75. The third-order valence-electron chi connectivity index (χ3n) is 4.65. The van der Waals surface area contributed by atoms with Crippen molar-refractivity contribution >= 4 is 5.69 Å². The summed E-state index contributed by atoms with van der Waals surface area (Å²) in [6, 6.07) is 6.13. The molecular weight excluding hydrogens is 264 g/mol. The third kappa shape index (κ3) is 3.62. The van der Waals surface area contributed by atoms with Crippen LogP contribution in [0.1, 0.15) is 33.1 Å². The maximum Gasteiger partial charge on any atom is 0.124 e. The molecule has 0 atom stereocenters. The Labute approximate surface area is 128 Å². The molecule has 118 valence electrons. The standard InChI is InChI=1S/C17H28N2O2/c1-5-17(6-2)13-19(9-7-8-18-17)14-10-15(20-3)12-16(11-14)21-4/h10-12,18H,5-9,13H2,1-4H3. The third-order valence-corrected chi connectivity index (χ3v) is 4.65. The molecular formula is C17H28N2O2. The Morgan fingerprint density at radius 1 is 1.10 bits per heavy atom. The fraction of sp³-hybridized carbons (Fsp3) is 0.647. The van der Waals surface area contributed by atoms with Crippen LogP contribution in [0.15, 0.2) is 18.2 Å². The van der Waals surface area contributed by atoms with E-state index in [4.69, 9.17) is 9.47 Å². The van der Waals surface area contributed by atoms with Crippen LogP contribution in [0.2, 0.25) is 0 Å². The largest absolute Gasteiger partial charge is 0.497 e.